The molecular weight excluding hydrogens is 527 g/mol. The van der Waals surface area contributed by atoms with Gasteiger partial charge >= 0.3 is 0 Å². The Bertz CT molecular complexity index is 919. The number of amides is 3. The lowest BCUT2D eigenvalue weighted by molar-refractivity contribution is -0.138. The van der Waals surface area contributed by atoms with E-state index >= 15 is 0 Å². The highest BCUT2D eigenvalue weighted by atomic mass is 19.1. The second kappa shape index (κ2) is 14.1. The van der Waals surface area contributed by atoms with Gasteiger partial charge in [0.1, 0.15) is 18.3 Å². The zero-order chi connectivity index (χ0) is 28.9. The first-order valence-corrected chi connectivity index (χ1v) is 16.2. The molecule has 6 unspecified atom stereocenters. The van der Waals surface area contributed by atoms with Crippen molar-refractivity contribution in [2.24, 2.45) is 11.8 Å². The molecule has 5 aliphatic rings. The third kappa shape index (κ3) is 7.58. The molecule has 2 saturated carbocycles. The maximum atomic E-state index is 14.6. The van der Waals surface area contributed by atoms with E-state index in [2.05, 4.69) is 26.7 Å². The molecule has 0 spiro atoms. The van der Waals surface area contributed by atoms with E-state index in [1.807, 2.05) is 18.7 Å². The summed E-state index contributed by atoms with van der Waals surface area (Å²) in [5, 5.41) is 12.8. The molecule has 11 heteroatoms. The first-order valence-electron chi connectivity index (χ1n) is 16.2. The minimum Gasteiger partial charge on any atom is -0.349 e. The molecule has 0 aromatic carbocycles. The number of rotatable bonds is 9. The molecule has 5 fully saturated rings. The fourth-order valence-electron chi connectivity index (χ4n) is 7.85. The first kappa shape index (κ1) is 30.6. The van der Waals surface area contributed by atoms with Gasteiger partial charge in [-0.3, -0.25) is 29.9 Å². The second-order valence-electron chi connectivity index (χ2n) is 13.2. The van der Waals surface area contributed by atoms with Crippen LogP contribution in [0, 0.1) is 11.8 Å². The number of likely N-dealkylation sites (tertiary alicyclic amines) is 1. The van der Waals surface area contributed by atoms with Crippen molar-refractivity contribution >= 4 is 17.7 Å². The quantitative estimate of drug-likeness (QED) is 0.284. The summed E-state index contributed by atoms with van der Waals surface area (Å²) in [5.74, 6) is -0.288. The Morgan fingerprint density at radius 2 is 1.76 bits per heavy atom. The lowest BCUT2D eigenvalue weighted by Gasteiger charge is -2.35. The second-order valence-corrected chi connectivity index (χ2v) is 13.2. The third-order valence-electron chi connectivity index (χ3n) is 10.2. The Hall–Kier alpha value is -1.82. The molecule has 9 atom stereocenters. The van der Waals surface area contributed by atoms with Crippen molar-refractivity contribution < 1.29 is 23.6 Å². The van der Waals surface area contributed by atoms with Crippen LogP contribution >= 0.6 is 0 Å². The van der Waals surface area contributed by atoms with Gasteiger partial charge < -0.3 is 15.5 Å². The lowest BCUT2D eigenvalue weighted by atomic mass is 9.82. The Morgan fingerprint density at radius 3 is 2.49 bits per heavy atom. The largest absolute Gasteiger partial charge is 0.349 e. The molecule has 41 heavy (non-hydrogen) atoms. The molecule has 0 aromatic heterocycles. The fourth-order valence-corrected chi connectivity index (χ4v) is 7.85. The zero-order valence-corrected chi connectivity index (χ0v) is 24.8. The molecule has 232 valence electrons. The monoisotopic (exact) mass is 578 g/mol. The SMILES string of the molecule is CC1CC(C(=O)N[C@@H](CC(=O)N2CCC[C@@H]2C2CCCCC2)C(=O)N[C@@H](C)C2NCC(C3CCCCC3F)N2)NO1. The predicted octanol–water partition coefficient (Wildman–Crippen LogP) is 2.04. The van der Waals surface area contributed by atoms with E-state index in [0.29, 0.717) is 31.8 Å². The van der Waals surface area contributed by atoms with Gasteiger partial charge in [-0.15, -0.1) is 0 Å². The number of hydroxylamine groups is 1. The molecule has 0 aromatic rings. The Morgan fingerprint density at radius 1 is 1.00 bits per heavy atom. The Balaban J connectivity index is 1.21. The number of hydrogen-bond donors (Lipinski definition) is 5. The van der Waals surface area contributed by atoms with Crippen molar-refractivity contribution in [3.8, 4) is 0 Å². The standard InChI is InChI=1S/C30H51FN6O4/c1-18-15-24(36-41-18)30(40)35-23(16-27(38)37-14-8-13-26(37)20-9-4-3-5-10-20)29(39)33-19(2)28-32-17-25(34-28)21-11-6-7-12-22(21)31/h18-26,28,32,34,36H,3-17H2,1-2H3,(H,33,39)(H,35,40)/t18?,19-,21?,22?,23-,24?,25?,26+,28?/m0/s1. The van der Waals surface area contributed by atoms with Crippen LogP contribution in [0.1, 0.15) is 97.3 Å². The molecule has 3 heterocycles. The van der Waals surface area contributed by atoms with E-state index < -0.39 is 18.3 Å². The van der Waals surface area contributed by atoms with Crippen LogP contribution in [0.15, 0.2) is 0 Å². The number of carbonyl (C=O) groups excluding carboxylic acids is 3. The van der Waals surface area contributed by atoms with Crippen LogP contribution in [-0.4, -0.2) is 84.4 Å². The van der Waals surface area contributed by atoms with Crippen molar-refractivity contribution in [1.82, 2.24) is 31.6 Å². The van der Waals surface area contributed by atoms with E-state index in [0.717, 1.165) is 44.9 Å². The summed E-state index contributed by atoms with van der Waals surface area (Å²) < 4.78 is 14.6. The van der Waals surface area contributed by atoms with Gasteiger partial charge in [-0.25, -0.2) is 4.39 Å². The van der Waals surface area contributed by atoms with Crippen LogP contribution in [0.3, 0.4) is 0 Å². The molecule has 0 bridgehead atoms. The number of carbonyl (C=O) groups is 3. The summed E-state index contributed by atoms with van der Waals surface area (Å²) in [6, 6.07) is -1.63. The summed E-state index contributed by atoms with van der Waals surface area (Å²) in [4.78, 5) is 47.7. The maximum Gasteiger partial charge on any atom is 0.243 e. The number of alkyl halides is 1. The summed E-state index contributed by atoms with van der Waals surface area (Å²) in [7, 11) is 0. The van der Waals surface area contributed by atoms with Crippen LogP contribution in [0.4, 0.5) is 4.39 Å². The van der Waals surface area contributed by atoms with Crippen LogP contribution in [0.25, 0.3) is 0 Å². The molecule has 3 amide bonds. The highest BCUT2D eigenvalue weighted by Crippen LogP contribution is 2.35. The molecule has 3 saturated heterocycles. The number of nitrogens with zero attached hydrogens (tertiary/aromatic N) is 1. The minimum absolute atomic E-state index is 0.0186. The fraction of sp³-hybridized carbons (Fsp3) is 0.900. The van der Waals surface area contributed by atoms with Crippen LogP contribution in [0.5, 0.6) is 0 Å². The van der Waals surface area contributed by atoms with E-state index in [1.165, 1.54) is 19.3 Å². The van der Waals surface area contributed by atoms with E-state index in [9.17, 15) is 18.8 Å². The van der Waals surface area contributed by atoms with Gasteiger partial charge in [0.25, 0.3) is 0 Å². The summed E-state index contributed by atoms with van der Waals surface area (Å²) in [6.45, 7) is 5.13. The highest BCUT2D eigenvalue weighted by Gasteiger charge is 2.40. The Labute approximate surface area is 244 Å². The van der Waals surface area contributed by atoms with E-state index in [-0.39, 0.29) is 60.5 Å². The van der Waals surface area contributed by atoms with Crippen molar-refractivity contribution in [2.75, 3.05) is 13.1 Å². The van der Waals surface area contributed by atoms with Crippen molar-refractivity contribution in [2.45, 2.75) is 146 Å². The molecule has 2 aliphatic carbocycles. The molecule has 5 N–H and O–H groups in total. The van der Waals surface area contributed by atoms with Gasteiger partial charge in [0, 0.05) is 37.5 Å². The predicted molar refractivity (Wildman–Crippen MR) is 153 cm³/mol. The molecule has 0 radical (unpaired) electrons. The molecule has 10 nitrogen and oxygen atoms in total. The number of hydrogen-bond acceptors (Lipinski definition) is 7. The average Bonchev–Trinajstić information content (AvgIpc) is 3.74. The Kier molecular flexibility index (Phi) is 10.5. The number of halogens is 1. The third-order valence-corrected chi connectivity index (χ3v) is 10.2. The van der Waals surface area contributed by atoms with Crippen molar-refractivity contribution in [3.05, 3.63) is 0 Å². The zero-order valence-electron chi connectivity index (χ0n) is 24.8. The van der Waals surface area contributed by atoms with Gasteiger partial charge in [-0.2, -0.15) is 5.48 Å². The topological polar surface area (TPSA) is 124 Å². The first-order chi connectivity index (χ1) is 19.8. The van der Waals surface area contributed by atoms with Gasteiger partial charge in [-0.05, 0) is 58.3 Å². The van der Waals surface area contributed by atoms with Crippen LogP contribution in [0.2, 0.25) is 0 Å². The van der Waals surface area contributed by atoms with E-state index in [4.69, 9.17) is 4.84 Å². The summed E-state index contributed by atoms with van der Waals surface area (Å²) in [6.07, 6.45) is 10.8. The van der Waals surface area contributed by atoms with E-state index in [1.54, 1.807) is 0 Å². The molecule has 5 rings (SSSR count). The van der Waals surface area contributed by atoms with Gasteiger partial charge in [-0.1, -0.05) is 32.1 Å². The van der Waals surface area contributed by atoms with Crippen molar-refractivity contribution in [3.63, 3.8) is 0 Å². The highest BCUT2D eigenvalue weighted by molar-refractivity contribution is 5.93. The van der Waals surface area contributed by atoms with Crippen LogP contribution < -0.4 is 26.7 Å². The van der Waals surface area contributed by atoms with Crippen molar-refractivity contribution in [1.29, 1.82) is 0 Å². The van der Waals surface area contributed by atoms with Gasteiger partial charge in [0.15, 0.2) is 0 Å². The lowest BCUT2D eigenvalue weighted by Crippen LogP contribution is -2.58. The smallest absolute Gasteiger partial charge is 0.243 e. The normalized spacial score (nSPS) is 36.2. The summed E-state index contributed by atoms with van der Waals surface area (Å²) >= 11 is 0. The van der Waals surface area contributed by atoms with Gasteiger partial charge in [0.05, 0.1) is 24.7 Å². The minimum atomic E-state index is -0.992. The summed E-state index contributed by atoms with van der Waals surface area (Å²) in [5.41, 5.74) is 2.74. The average molecular weight is 579 g/mol. The number of nitrogens with one attached hydrogen (secondary N) is 5. The van der Waals surface area contributed by atoms with Gasteiger partial charge in [0.2, 0.25) is 17.7 Å². The maximum absolute atomic E-state index is 14.6. The molecule has 3 aliphatic heterocycles. The van der Waals surface area contributed by atoms with Crippen LogP contribution in [-0.2, 0) is 19.2 Å². The molecular formula is C30H51FN6O4.